The molecule has 1 aromatic carbocycles. The lowest BCUT2D eigenvalue weighted by atomic mass is 9.93. The number of nitrogen functional groups attached to an aromatic ring is 1. The summed E-state index contributed by atoms with van der Waals surface area (Å²) in [5, 5.41) is 8.91. The van der Waals surface area contributed by atoms with E-state index in [2.05, 4.69) is 11.0 Å². The third-order valence-corrected chi connectivity index (χ3v) is 3.43. The number of anilines is 2. The first-order valence-corrected chi connectivity index (χ1v) is 6.01. The molecule has 0 radical (unpaired) electrons. The van der Waals surface area contributed by atoms with Gasteiger partial charge in [0.2, 0.25) is 0 Å². The maximum Gasteiger partial charge on any atom is 0.0599 e. The zero-order valence-electron chi connectivity index (χ0n) is 9.60. The average Bonchev–Trinajstić information content (AvgIpc) is 2.31. The largest absolute Gasteiger partial charge is 0.397 e. The maximum atomic E-state index is 8.91. The Bertz CT molecular complexity index is 332. The van der Waals surface area contributed by atoms with Gasteiger partial charge in [0.1, 0.15) is 0 Å². The van der Waals surface area contributed by atoms with E-state index in [9.17, 15) is 0 Å². The topological polar surface area (TPSA) is 49.5 Å². The van der Waals surface area contributed by atoms with Gasteiger partial charge in [0.05, 0.1) is 11.4 Å². The van der Waals surface area contributed by atoms with Crippen molar-refractivity contribution in [3.8, 4) is 0 Å². The molecule has 88 valence electrons. The van der Waals surface area contributed by atoms with Crippen LogP contribution < -0.4 is 10.6 Å². The number of hydrogen-bond acceptors (Lipinski definition) is 3. The number of nitrogens with two attached hydrogens (primary N) is 1. The second-order valence-electron chi connectivity index (χ2n) is 4.50. The Morgan fingerprint density at radius 1 is 1.25 bits per heavy atom. The number of nitrogens with zero attached hydrogens (tertiary/aromatic N) is 1. The summed E-state index contributed by atoms with van der Waals surface area (Å²) in [6.45, 7) is 2.43. The van der Waals surface area contributed by atoms with Gasteiger partial charge < -0.3 is 15.7 Å². The minimum atomic E-state index is 0.318. The van der Waals surface area contributed by atoms with Crippen LogP contribution in [0, 0.1) is 5.92 Å². The number of benzene rings is 1. The SMILES string of the molecule is Nc1ccccc1N1CCC(CCO)CC1. The molecule has 3 N–H and O–H groups in total. The van der Waals surface area contributed by atoms with Gasteiger partial charge in [-0.3, -0.25) is 0 Å². The van der Waals surface area contributed by atoms with E-state index in [0.717, 1.165) is 43.7 Å². The molecule has 0 spiro atoms. The Hall–Kier alpha value is -1.22. The van der Waals surface area contributed by atoms with Crippen LogP contribution in [0.2, 0.25) is 0 Å². The predicted octanol–water partition coefficient (Wildman–Crippen LogP) is 1.87. The van der Waals surface area contributed by atoms with Crippen LogP contribution in [-0.4, -0.2) is 24.8 Å². The molecule has 1 aliphatic rings. The molecule has 0 aliphatic carbocycles. The highest BCUT2D eigenvalue weighted by atomic mass is 16.3. The molecule has 1 fully saturated rings. The average molecular weight is 220 g/mol. The Morgan fingerprint density at radius 2 is 1.94 bits per heavy atom. The van der Waals surface area contributed by atoms with Crippen LogP contribution in [-0.2, 0) is 0 Å². The van der Waals surface area contributed by atoms with Gasteiger partial charge in [0, 0.05) is 19.7 Å². The first-order valence-electron chi connectivity index (χ1n) is 6.01. The van der Waals surface area contributed by atoms with Crippen molar-refractivity contribution in [1.29, 1.82) is 0 Å². The van der Waals surface area contributed by atoms with Crippen molar-refractivity contribution in [1.82, 2.24) is 0 Å². The third-order valence-electron chi connectivity index (χ3n) is 3.43. The molecule has 3 nitrogen and oxygen atoms in total. The van der Waals surface area contributed by atoms with Gasteiger partial charge in [0.25, 0.3) is 0 Å². The first-order chi connectivity index (χ1) is 7.81. The van der Waals surface area contributed by atoms with Gasteiger partial charge in [-0.15, -0.1) is 0 Å². The van der Waals surface area contributed by atoms with E-state index in [1.807, 2.05) is 18.2 Å². The summed E-state index contributed by atoms with van der Waals surface area (Å²) in [4.78, 5) is 2.35. The van der Waals surface area contributed by atoms with Crippen LogP contribution in [0.25, 0.3) is 0 Å². The minimum Gasteiger partial charge on any atom is -0.397 e. The van der Waals surface area contributed by atoms with Gasteiger partial charge in [-0.1, -0.05) is 12.1 Å². The fourth-order valence-corrected chi connectivity index (χ4v) is 2.42. The highest BCUT2D eigenvalue weighted by Crippen LogP contribution is 2.28. The van der Waals surface area contributed by atoms with E-state index in [1.165, 1.54) is 0 Å². The molecule has 0 saturated carbocycles. The highest BCUT2D eigenvalue weighted by Gasteiger charge is 2.19. The fraction of sp³-hybridized carbons (Fsp3) is 0.538. The Kier molecular flexibility index (Phi) is 3.67. The Balaban J connectivity index is 1.96. The Morgan fingerprint density at radius 3 is 2.56 bits per heavy atom. The summed E-state index contributed by atoms with van der Waals surface area (Å²) < 4.78 is 0. The monoisotopic (exact) mass is 220 g/mol. The van der Waals surface area contributed by atoms with Crippen molar-refractivity contribution < 1.29 is 5.11 Å². The van der Waals surface area contributed by atoms with E-state index in [-0.39, 0.29) is 0 Å². The molecule has 1 aromatic rings. The summed E-state index contributed by atoms with van der Waals surface area (Å²) in [6, 6.07) is 8.04. The van der Waals surface area contributed by atoms with Crippen LogP contribution in [0.3, 0.4) is 0 Å². The van der Waals surface area contributed by atoms with Crippen LogP contribution in [0.5, 0.6) is 0 Å². The van der Waals surface area contributed by atoms with Gasteiger partial charge >= 0.3 is 0 Å². The summed E-state index contributed by atoms with van der Waals surface area (Å²) in [7, 11) is 0. The summed E-state index contributed by atoms with van der Waals surface area (Å²) in [6.07, 6.45) is 3.27. The smallest absolute Gasteiger partial charge is 0.0599 e. The second-order valence-corrected chi connectivity index (χ2v) is 4.50. The van der Waals surface area contributed by atoms with Crippen molar-refractivity contribution in [3.63, 3.8) is 0 Å². The Labute approximate surface area is 96.9 Å². The standard InChI is InChI=1S/C13H20N2O/c14-12-3-1-2-4-13(12)15-8-5-11(6-9-15)7-10-16/h1-4,11,16H,5-10,14H2. The van der Waals surface area contributed by atoms with Crippen molar-refractivity contribution >= 4 is 11.4 Å². The fourth-order valence-electron chi connectivity index (χ4n) is 2.42. The van der Waals surface area contributed by atoms with Gasteiger partial charge in [-0.2, -0.15) is 0 Å². The van der Waals surface area contributed by atoms with Crippen molar-refractivity contribution in [3.05, 3.63) is 24.3 Å². The predicted molar refractivity (Wildman–Crippen MR) is 67.5 cm³/mol. The summed E-state index contributed by atoms with van der Waals surface area (Å²) >= 11 is 0. The molecule has 0 unspecified atom stereocenters. The van der Waals surface area contributed by atoms with Crippen molar-refractivity contribution in [2.45, 2.75) is 19.3 Å². The van der Waals surface area contributed by atoms with E-state index in [0.29, 0.717) is 12.5 Å². The third kappa shape index (κ3) is 2.47. The molecule has 0 aromatic heterocycles. The molecule has 16 heavy (non-hydrogen) atoms. The van der Waals surface area contributed by atoms with E-state index < -0.39 is 0 Å². The second kappa shape index (κ2) is 5.21. The zero-order chi connectivity index (χ0) is 11.4. The number of piperidine rings is 1. The molecule has 1 aliphatic heterocycles. The minimum absolute atomic E-state index is 0.318. The number of aliphatic hydroxyl groups is 1. The van der Waals surface area contributed by atoms with Gasteiger partial charge in [0.15, 0.2) is 0 Å². The van der Waals surface area contributed by atoms with E-state index in [4.69, 9.17) is 10.8 Å². The lowest BCUT2D eigenvalue weighted by Crippen LogP contribution is -2.34. The number of aliphatic hydroxyl groups excluding tert-OH is 1. The molecule has 0 bridgehead atoms. The number of rotatable bonds is 3. The molecule has 0 amide bonds. The van der Waals surface area contributed by atoms with E-state index in [1.54, 1.807) is 0 Å². The molecular formula is C13H20N2O. The van der Waals surface area contributed by atoms with Gasteiger partial charge in [-0.05, 0) is 37.3 Å². The number of hydrogen-bond donors (Lipinski definition) is 2. The molecule has 0 atom stereocenters. The van der Waals surface area contributed by atoms with E-state index >= 15 is 0 Å². The van der Waals surface area contributed by atoms with Crippen molar-refractivity contribution in [2.24, 2.45) is 5.92 Å². The molecule has 1 heterocycles. The van der Waals surface area contributed by atoms with Crippen LogP contribution in [0.1, 0.15) is 19.3 Å². The maximum absolute atomic E-state index is 8.91. The quantitative estimate of drug-likeness (QED) is 0.764. The van der Waals surface area contributed by atoms with Crippen molar-refractivity contribution in [2.75, 3.05) is 30.3 Å². The van der Waals surface area contributed by atoms with Gasteiger partial charge in [-0.25, -0.2) is 0 Å². The molecule has 2 rings (SSSR count). The lowest BCUT2D eigenvalue weighted by Gasteiger charge is -2.34. The van der Waals surface area contributed by atoms with Crippen LogP contribution in [0.15, 0.2) is 24.3 Å². The molecule has 3 heteroatoms. The summed E-state index contributed by atoms with van der Waals surface area (Å²) in [5.74, 6) is 0.686. The zero-order valence-corrected chi connectivity index (χ0v) is 9.60. The normalized spacial score (nSPS) is 17.7. The number of para-hydroxylation sites is 2. The highest BCUT2D eigenvalue weighted by molar-refractivity contribution is 5.67. The first kappa shape index (κ1) is 11.3. The lowest BCUT2D eigenvalue weighted by molar-refractivity contribution is 0.240. The molecule has 1 saturated heterocycles. The summed E-state index contributed by atoms with van der Waals surface area (Å²) in [5.41, 5.74) is 7.98. The molecular weight excluding hydrogens is 200 g/mol. The van der Waals surface area contributed by atoms with Crippen LogP contribution in [0.4, 0.5) is 11.4 Å². The van der Waals surface area contributed by atoms with Crippen LogP contribution >= 0.6 is 0 Å².